The van der Waals surface area contributed by atoms with E-state index < -0.39 is 12.1 Å². The quantitative estimate of drug-likeness (QED) is 0.213. The Bertz CT molecular complexity index is 909. The summed E-state index contributed by atoms with van der Waals surface area (Å²) in [5.74, 6) is 0.0253. The average molecular weight is 461 g/mol. The van der Waals surface area contributed by atoms with Crippen molar-refractivity contribution >= 4 is 23.5 Å². The largest absolute Gasteiger partial charge is 0.507 e. The van der Waals surface area contributed by atoms with Gasteiger partial charge in [-0.25, -0.2) is 0 Å². The predicted molar refractivity (Wildman–Crippen MR) is 126 cm³/mol. The van der Waals surface area contributed by atoms with Crippen LogP contribution in [0.2, 0.25) is 0 Å². The van der Waals surface area contributed by atoms with Crippen molar-refractivity contribution in [3.05, 3.63) is 53.1 Å². The van der Waals surface area contributed by atoms with Crippen molar-refractivity contribution in [3.8, 4) is 11.5 Å². The molecular formula is C25H32O6S. The van der Waals surface area contributed by atoms with Gasteiger partial charge in [0.25, 0.3) is 0 Å². The summed E-state index contributed by atoms with van der Waals surface area (Å²) in [6.07, 6.45) is 1.39. The Morgan fingerprint density at radius 1 is 1.12 bits per heavy atom. The summed E-state index contributed by atoms with van der Waals surface area (Å²) in [5.41, 5.74) is 1.71. The molecule has 0 radical (unpaired) electrons. The molecule has 0 aliphatic heterocycles. The molecule has 174 valence electrons. The van der Waals surface area contributed by atoms with E-state index in [1.54, 1.807) is 30.8 Å². The van der Waals surface area contributed by atoms with Crippen LogP contribution in [-0.4, -0.2) is 39.4 Å². The van der Waals surface area contributed by atoms with E-state index in [1.807, 2.05) is 31.2 Å². The van der Waals surface area contributed by atoms with Gasteiger partial charge in [-0.15, -0.1) is 11.8 Å². The van der Waals surface area contributed by atoms with Gasteiger partial charge in [-0.3, -0.25) is 9.59 Å². The minimum absolute atomic E-state index is 0.0196. The number of aromatic hydroxyl groups is 1. The van der Waals surface area contributed by atoms with Crippen molar-refractivity contribution in [1.29, 1.82) is 0 Å². The Morgan fingerprint density at radius 2 is 1.81 bits per heavy atom. The number of carbonyl (C=O) groups is 2. The van der Waals surface area contributed by atoms with Gasteiger partial charge in [0.2, 0.25) is 0 Å². The zero-order valence-corrected chi connectivity index (χ0v) is 19.7. The zero-order valence-electron chi connectivity index (χ0n) is 18.8. The van der Waals surface area contributed by atoms with Gasteiger partial charge in [-0.2, -0.15) is 0 Å². The molecule has 0 aliphatic rings. The first-order valence-electron chi connectivity index (χ1n) is 10.9. The lowest BCUT2D eigenvalue weighted by atomic mass is 9.95. The first-order chi connectivity index (χ1) is 15.2. The predicted octanol–water partition coefficient (Wildman–Crippen LogP) is 5.25. The van der Waals surface area contributed by atoms with Crippen molar-refractivity contribution in [1.82, 2.24) is 0 Å². The molecule has 0 saturated heterocycles. The van der Waals surface area contributed by atoms with E-state index in [0.717, 1.165) is 23.5 Å². The second kappa shape index (κ2) is 12.5. The Balaban J connectivity index is 1.85. The van der Waals surface area contributed by atoms with Crippen LogP contribution in [-0.2, 0) is 11.2 Å². The van der Waals surface area contributed by atoms with Crippen molar-refractivity contribution in [2.75, 3.05) is 12.4 Å². The van der Waals surface area contributed by atoms with Crippen LogP contribution in [0.25, 0.3) is 0 Å². The summed E-state index contributed by atoms with van der Waals surface area (Å²) in [5, 5.41) is 29.6. The van der Waals surface area contributed by atoms with Crippen LogP contribution in [0.5, 0.6) is 11.5 Å². The zero-order chi connectivity index (χ0) is 23.7. The number of carbonyl (C=O) groups excluding carboxylic acids is 1. The van der Waals surface area contributed by atoms with Crippen molar-refractivity contribution in [2.24, 2.45) is 5.92 Å². The molecule has 2 aromatic carbocycles. The topological polar surface area (TPSA) is 104 Å². The van der Waals surface area contributed by atoms with Gasteiger partial charge in [0.15, 0.2) is 5.78 Å². The van der Waals surface area contributed by atoms with E-state index in [2.05, 4.69) is 0 Å². The van der Waals surface area contributed by atoms with Gasteiger partial charge in [0.05, 0.1) is 24.7 Å². The molecule has 0 heterocycles. The number of phenols is 1. The summed E-state index contributed by atoms with van der Waals surface area (Å²) in [4.78, 5) is 23.5. The molecule has 2 rings (SSSR count). The molecule has 0 aromatic heterocycles. The number of ether oxygens (including phenoxy) is 1. The smallest absolute Gasteiger partial charge is 0.303 e. The summed E-state index contributed by atoms with van der Waals surface area (Å²) in [7, 11) is 0. The third kappa shape index (κ3) is 7.28. The highest BCUT2D eigenvalue weighted by Crippen LogP contribution is 2.33. The van der Waals surface area contributed by atoms with Crippen LogP contribution < -0.4 is 4.74 Å². The van der Waals surface area contributed by atoms with Gasteiger partial charge < -0.3 is 20.1 Å². The number of ketones is 1. The second-order valence-corrected chi connectivity index (χ2v) is 9.05. The lowest BCUT2D eigenvalue weighted by Crippen LogP contribution is -2.13. The third-order valence-electron chi connectivity index (χ3n) is 5.19. The summed E-state index contributed by atoms with van der Waals surface area (Å²) in [6.45, 7) is 5.66. The highest BCUT2D eigenvalue weighted by Gasteiger charge is 2.19. The van der Waals surface area contributed by atoms with Gasteiger partial charge in [-0.05, 0) is 55.5 Å². The molecule has 7 heteroatoms. The number of thioether (sulfide) groups is 1. The number of aliphatic hydroxyl groups excluding tert-OH is 1. The monoisotopic (exact) mass is 460 g/mol. The molecular weight excluding hydrogens is 428 g/mol. The summed E-state index contributed by atoms with van der Waals surface area (Å²) < 4.78 is 5.89. The van der Waals surface area contributed by atoms with Crippen molar-refractivity contribution in [2.45, 2.75) is 57.5 Å². The van der Waals surface area contributed by atoms with E-state index >= 15 is 0 Å². The fourth-order valence-corrected chi connectivity index (χ4v) is 4.26. The minimum Gasteiger partial charge on any atom is -0.507 e. The average Bonchev–Trinajstić information content (AvgIpc) is 2.75. The SMILES string of the molecule is CCCc1c(OCCCSc2ccc(C(O)[C@@H](C)CC(=O)O)cc2)ccc(C(C)=O)c1O. The third-order valence-corrected chi connectivity index (χ3v) is 6.29. The lowest BCUT2D eigenvalue weighted by Gasteiger charge is -2.17. The molecule has 0 fully saturated rings. The maximum Gasteiger partial charge on any atom is 0.303 e. The Labute approximate surface area is 193 Å². The van der Waals surface area contributed by atoms with Crippen LogP contribution in [0.15, 0.2) is 41.3 Å². The number of Topliss-reactive ketones (excluding diaryl/α,β-unsaturated/α-hetero) is 1. The van der Waals surface area contributed by atoms with Crippen molar-refractivity contribution < 1.29 is 29.6 Å². The number of hydrogen-bond acceptors (Lipinski definition) is 6. The standard InChI is InChI=1S/C25H32O6S/c1-4-6-21-22(12-11-20(17(3)26)25(21)30)31-13-5-14-32-19-9-7-18(8-10-19)24(29)16(2)15-23(27)28/h7-12,16,24,29-30H,4-6,13-15H2,1-3H3,(H,27,28)/t16-,24?/m0/s1. The lowest BCUT2D eigenvalue weighted by molar-refractivity contribution is -0.139. The molecule has 0 amide bonds. The Kier molecular flexibility index (Phi) is 10.1. The number of aliphatic carboxylic acids is 1. The van der Waals surface area contributed by atoms with Crippen LogP contribution in [0.4, 0.5) is 0 Å². The van der Waals surface area contributed by atoms with Gasteiger partial charge >= 0.3 is 5.97 Å². The molecule has 6 nitrogen and oxygen atoms in total. The number of hydrogen-bond donors (Lipinski definition) is 3. The molecule has 0 spiro atoms. The summed E-state index contributed by atoms with van der Waals surface area (Å²) in [6, 6.07) is 10.9. The molecule has 3 N–H and O–H groups in total. The Morgan fingerprint density at radius 3 is 2.41 bits per heavy atom. The molecule has 2 atom stereocenters. The maximum absolute atomic E-state index is 11.7. The second-order valence-electron chi connectivity index (χ2n) is 7.88. The molecule has 0 bridgehead atoms. The fraction of sp³-hybridized carbons (Fsp3) is 0.440. The number of benzene rings is 2. The van der Waals surface area contributed by atoms with Crippen LogP contribution >= 0.6 is 11.8 Å². The summed E-state index contributed by atoms with van der Waals surface area (Å²) >= 11 is 1.67. The number of carboxylic acids is 1. The Hall–Kier alpha value is -2.51. The fourth-order valence-electron chi connectivity index (χ4n) is 3.44. The van der Waals surface area contributed by atoms with Crippen LogP contribution in [0.1, 0.15) is 67.6 Å². The molecule has 2 aromatic rings. The van der Waals surface area contributed by atoms with Crippen LogP contribution in [0.3, 0.4) is 0 Å². The van der Waals surface area contributed by atoms with Gasteiger partial charge in [0, 0.05) is 16.2 Å². The molecule has 1 unspecified atom stereocenters. The first-order valence-corrected chi connectivity index (χ1v) is 11.8. The van der Waals surface area contributed by atoms with Crippen molar-refractivity contribution in [3.63, 3.8) is 0 Å². The number of phenolic OH excluding ortho intramolecular Hbond substituents is 1. The molecule has 32 heavy (non-hydrogen) atoms. The minimum atomic E-state index is -0.919. The number of carboxylic acid groups (broad SMARTS) is 1. The van der Waals surface area contributed by atoms with E-state index in [4.69, 9.17) is 9.84 Å². The van der Waals surface area contributed by atoms with E-state index in [1.165, 1.54) is 6.92 Å². The highest BCUT2D eigenvalue weighted by atomic mass is 32.2. The van der Waals surface area contributed by atoms with Gasteiger partial charge in [0.1, 0.15) is 11.5 Å². The van der Waals surface area contributed by atoms with Crippen LogP contribution in [0, 0.1) is 5.92 Å². The molecule has 0 saturated carbocycles. The van der Waals surface area contributed by atoms with E-state index in [0.29, 0.717) is 35.5 Å². The van der Waals surface area contributed by atoms with E-state index in [9.17, 15) is 19.8 Å². The van der Waals surface area contributed by atoms with E-state index in [-0.39, 0.29) is 23.9 Å². The highest BCUT2D eigenvalue weighted by molar-refractivity contribution is 7.99. The van der Waals surface area contributed by atoms with Gasteiger partial charge in [-0.1, -0.05) is 32.4 Å². The number of aliphatic hydroxyl groups is 1. The molecule has 0 aliphatic carbocycles. The normalized spacial score (nSPS) is 12.9. The maximum atomic E-state index is 11.7. The first kappa shape index (κ1) is 25.7. The number of rotatable bonds is 13.